The summed E-state index contributed by atoms with van der Waals surface area (Å²) in [6.07, 6.45) is 7.77. The summed E-state index contributed by atoms with van der Waals surface area (Å²) >= 11 is 0. The van der Waals surface area contributed by atoms with E-state index in [0.717, 1.165) is 11.9 Å². The second kappa shape index (κ2) is 7.95. The van der Waals surface area contributed by atoms with Gasteiger partial charge in [0.05, 0.1) is 10.9 Å². The van der Waals surface area contributed by atoms with Gasteiger partial charge in [-0.05, 0) is 57.7 Å². The molecule has 0 spiro atoms. The minimum absolute atomic E-state index is 0.152. The number of carbonyl (C=O) groups is 1. The van der Waals surface area contributed by atoms with Gasteiger partial charge in [0.1, 0.15) is 5.56 Å². The van der Waals surface area contributed by atoms with E-state index >= 15 is 0 Å². The van der Waals surface area contributed by atoms with Crippen LogP contribution in [0.25, 0.3) is 10.9 Å². The first kappa shape index (κ1) is 19.4. The number of carbonyl (C=O) groups excluding carboxylic acids is 1. The van der Waals surface area contributed by atoms with Crippen molar-refractivity contribution in [2.24, 2.45) is 5.92 Å². The van der Waals surface area contributed by atoms with Crippen LogP contribution in [0.2, 0.25) is 0 Å². The molecule has 0 unspecified atom stereocenters. The molecule has 5 rings (SSSR count). The standard InChI is InChI=1S/C23H29N3O4/c1-2-25-13-17(22(27)16-10-20-21(11-19(16)25)30-14-29-20)23(28)24-12-15-6-5-9-26-8-4-3-7-18(15)26/h10-11,13,15,18H,2-9,12,14H2,1H3,(H,24,28)/t15-,18-/m1/s1. The number of nitrogens with zero attached hydrogens (tertiary/aromatic N) is 2. The zero-order valence-electron chi connectivity index (χ0n) is 17.5. The minimum atomic E-state index is -0.283. The summed E-state index contributed by atoms with van der Waals surface area (Å²) in [5.41, 5.74) is 0.696. The predicted molar refractivity (Wildman–Crippen MR) is 114 cm³/mol. The number of ether oxygens (including phenoxy) is 2. The molecule has 2 saturated heterocycles. The van der Waals surface area contributed by atoms with Crippen LogP contribution in [0.15, 0.2) is 23.1 Å². The number of aromatic nitrogens is 1. The van der Waals surface area contributed by atoms with E-state index in [0.29, 0.717) is 41.9 Å². The summed E-state index contributed by atoms with van der Waals surface area (Å²) in [7, 11) is 0. The van der Waals surface area contributed by atoms with Crippen LogP contribution in [0.5, 0.6) is 11.5 Å². The molecule has 7 nitrogen and oxygen atoms in total. The number of benzene rings is 1. The van der Waals surface area contributed by atoms with Crippen LogP contribution in [-0.2, 0) is 6.54 Å². The van der Waals surface area contributed by atoms with Gasteiger partial charge in [0, 0.05) is 31.4 Å². The van der Waals surface area contributed by atoms with Gasteiger partial charge in [-0.15, -0.1) is 0 Å². The van der Waals surface area contributed by atoms with E-state index in [4.69, 9.17) is 9.47 Å². The van der Waals surface area contributed by atoms with Crippen LogP contribution in [-0.4, -0.2) is 47.8 Å². The van der Waals surface area contributed by atoms with Gasteiger partial charge in [-0.1, -0.05) is 6.42 Å². The highest BCUT2D eigenvalue weighted by Gasteiger charge is 2.33. The topological polar surface area (TPSA) is 72.8 Å². The summed E-state index contributed by atoms with van der Waals surface area (Å²) < 4.78 is 12.8. The molecule has 30 heavy (non-hydrogen) atoms. The Balaban J connectivity index is 1.40. The van der Waals surface area contributed by atoms with Gasteiger partial charge >= 0.3 is 0 Å². The van der Waals surface area contributed by atoms with E-state index in [1.807, 2.05) is 17.6 Å². The van der Waals surface area contributed by atoms with Crippen LogP contribution in [0.3, 0.4) is 0 Å². The van der Waals surface area contributed by atoms with Gasteiger partial charge in [-0.3, -0.25) is 9.59 Å². The number of rotatable bonds is 4. The average molecular weight is 412 g/mol. The van der Waals surface area contributed by atoms with Crippen molar-refractivity contribution in [2.75, 3.05) is 26.4 Å². The average Bonchev–Trinajstić information content (AvgIpc) is 3.24. The molecule has 7 heteroatoms. The molecule has 1 aromatic heterocycles. The van der Waals surface area contributed by atoms with E-state index in [9.17, 15) is 9.59 Å². The lowest BCUT2D eigenvalue weighted by atomic mass is 9.83. The predicted octanol–water partition coefficient (Wildman–Crippen LogP) is 2.74. The largest absolute Gasteiger partial charge is 0.454 e. The summed E-state index contributed by atoms with van der Waals surface area (Å²) in [5.74, 6) is 1.37. The molecule has 4 heterocycles. The molecule has 3 aliphatic rings. The maximum atomic E-state index is 13.1. The van der Waals surface area contributed by atoms with E-state index in [1.54, 1.807) is 12.3 Å². The lowest BCUT2D eigenvalue weighted by Gasteiger charge is -2.44. The van der Waals surface area contributed by atoms with E-state index in [2.05, 4.69) is 10.2 Å². The molecule has 0 saturated carbocycles. The SMILES string of the molecule is CCn1cc(C(=O)NC[C@H]2CCCN3CCCC[C@H]23)c(=O)c2cc3c(cc21)OCO3. The van der Waals surface area contributed by atoms with Gasteiger partial charge in [0.25, 0.3) is 5.91 Å². The number of fused-ring (bicyclic) bond motifs is 3. The molecular formula is C23H29N3O4. The highest BCUT2D eigenvalue weighted by molar-refractivity contribution is 5.97. The first-order chi connectivity index (χ1) is 14.7. The van der Waals surface area contributed by atoms with Crippen LogP contribution >= 0.6 is 0 Å². The van der Waals surface area contributed by atoms with Gasteiger partial charge in [-0.25, -0.2) is 0 Å². The number of hydrogen-bond donors (Lipinski definition) is 1. The second-order valence-electron chi connectivity index (χ2n) is 8.59. The third-order valence-corrected chi connectivity index (χ3v) is 6.91. The van der Waals surface area contributed by atoms with Crippen molar-refractivity contribution >= 4 is 16.8 Å². The molecule has 3 aliphatic heterocycles. The van der Waals surface area contributed by atoms with Gasteiger partial charge in [-0.2, -0.15) is 0 Å². The third-order valence-electron chi connectivity index (χ3n) is 6.91. The molecule has 1 N–H and O–H groups in total. The fourth-order valence-electron chi connectivity index (χ4n) is 5.34. The Hall–Kier alpha value is -2.54. The number of piperidine rings is 2. The second-order valence-corrected chi connectivity index (χ2v) is 8.59. The fraction of sp³-hybridized carbons (Fsp3) is 0.565. The highest BCUT2D eigenvalue weighted by Crippen LogP contribution is 2.35. The Morgan fingerprint density at radius 1 is 1.13 bits per heavy atom. The van der Waals surface area contributed by atoms with Crippen LogP contribution in [0, 0.1) is 5.92 Å². The number of pyridine rings is 1. The van der Waals surface area contributed by atoms with Crippen molar-refractivity contribution in [3.63, 3.8) is 0 Å². The molecule has 0 radical (unpaired) electrons. The number of amides is 1. The maximum Gasteiger partial charge on any atom is 0.256 e. The Bertz CT molecular complexity index is 1030. The first-order valence-corrected chi connectivity index (χ1v) is 11.1. The lowest BCUT2D eigenvalue weighted by Crippen LogP contribution is -2.51. The number of nitrogens with one attached hydrogen (secondary N) is 1. The van der Waals surface area contributed by atoms with Gasteiger partial charge < -0.3 is 24.3 Å². The fourth-order valence-corrected chi connectivity index (χ4v) is 5.34. The summed E-state index contributed by atoms with van der Waals surface area (Å²) in [4.78, 5) is 28.7. The van der Waals surface area contributed by atoms with Crippen LogP contribution in [0.4, 0.5) is 0 Å². The molecule has 2 fully saturated rings. The quantitative estimate of drug-likeness (QED) is 0.838. The Morgan fingerprint density at radius 2 is 1.93 bits per heavy atom. The zero-order valence-corrected chi connectivity index (χ0v) is 17.5. The number of hydrogen-bond acceptors (Lipinski definition) is 5. The van der Waals surface area contributed by atoms with Crippen molar-refractivity contribution in [2.45, 2.75) is 51.6 Å². The molecule has 0 bridgehead atoms. The van der Waals surface area contributed by atoms with Crippen molar-refractivity contribution in [3.05, 3.63) is 34.1 Å². The Kier molecular flexibility index (Phi) is 5.15. The summed E-state index contributed by atoms with van der Waals surface area (Å²) in [6.45, 7) is 5.78. The monoisotopic (exact) mass is 411 g/mol. The summed E-state index contributed by atoms with van der Waals surface area (Å²) in [5, 5.41) is 3.57. The molecule has 160 valence electrons. The molecule has 1 aromatic carbocycles. The van der Waals surface area contributed by atoms with Crippen molar-refractivity contribution < 1.29 is 14.3 Å². The molecule has 2 aromatic rings. The Labute approximate surface area is 175 Å². The van der Waals surface area contributed by atoms with Gasteiger partial charge in [0.2, 0.25) is 12.2 Å². The van der Waals surface area contributed by atoms with Crippen molar-refractivity contribution in [3.8, 4) is 11.5 Å². The molecule has 2 atom stereocenters. The van der Waals surface area contributed by atoms with Crippen LogP contribution < -0.4 is 20.2 Å². The highest BCUT2D eigenvalue weighted by atomic mass is 16.7. The van der Waals surface area contributed by atoms with Gasteiger partial charge in [0.15, 0.2) is 11.5 Å². The van der Waals surface area contributed by atoms with Crippen molar-refractivity contribution in [1.29, 1.82) is 0 Å². The Morgan fingerprint density at radius 3 is 2.77 bits per heavy atom. The number of aryl methyl sites for hydroxylation is 1. The third kappa shape index (κ3) is 3.35. The molecule has 0 aliphatic carbocycles. The van der Waals surface area contributed by atoms with Crippen molar-refractivity contribution in [1.82, 2.24) is 14.8 Å². The smallest absolute Gasteiger partial charge is 0.256 e. The molecule has 1 amide bonds. The molecular weight excluding hydrogens is 382 g/mol. The zero-order chi connectivity index (χ0) is 20.7. The van der Waals surface area contributed by atoms with E-state index in [-0.39, 0.29) is 23.7 Å². The normalized spacial score (nSPS) is 23.4. The van der Waals surface area contributed by atoms with E-state index < -0.39 is 0 Å². The lowest BCUT2D eigenvalue weighted by molar-refractivity contribution is 0.0575. The van der Waals surface area contributed by atoms with Crippen LogP contribution in [0.1, 0.15) is 49.4 Å². The maximum absolute atomic E-state index is 13.1. The minimum Gasteiger partial charge on any atom is -0.454 e. The van der Waals surface area contributed by atoms with E-state index in [1.165, 1.54) is 38.8 Å². The summed E-state index contributed by atoms with van der Waals surface area (Å²) in [6, 6.07) is 4.09. The first-order valence-electron chi connectivity index (χ1n) is 11.1.